The summed E-state index contributed by atoms with van der Waals surface area (Å²) in [5, 5.41) is 39.7. The third-order valence-corrected chi connectivity index (χ3v) is 19.0. The SMILES string of the molecule is CC.CC.CC(C)(C)c1ncn(-c2ccccn2)n1.CC(C)(C)c1ncn(Cc2ccccc2)n1.CCn1nc(C(C)(C)C)cc1C.Cc1cc(C(C)(C)C)nn1-c1ccccc1.Cc1cn(C)nc1C(C)(C)C.Cc1nc(C(C)(C)C)nn1-c1ccccc1.Cc1nn(C)c(C(C)(C)C)c1Br.Cn1cc(C(C)(C)C)cn1.Cn1cnc(C(C)(C)C)n1. The summed E-state index contributed by atoms with van der Waals surface area (Å²) in [5.41, 5.74) is 15.1. The van der Waals surface area contributed by atoms with Crippen molar-refractivity contribution in [2.75, 3.05) is 0 Å². The number of halogens is 1. The number of aromatic nitrogens is 23. The van der Waals surface area contributed by atoms with E-state index in [1.165, 1.54) is 45.2 Å². The molecule has 0 spiro atoms. The average molecular weight is 1730 g/mol. The molecule has 668 valence electrons. The van der Waals surface area contributed by atoms with Gasteiger partial charge in [-0.1, -0.05) is 287 Å². The Bertz CT molecular complexity index is 4960. The van der Waals surface area contributed by atoms with Gasteiger partial charge in [-0.15, -0.1) is 5.10 Å². The van der Waals surface area contributed by atoms with Gasteiger partial charge in [-0.05, 0) is 128 Å². The van der Waals surface area contributed by atoms with Crippen LogP contribution in [0.2, 0.25) is 0 Å². The van der Waals surface area contributed by atoms with Crippen LogP contribution in [0.25, 0.3) is 17.2 Å². The third kappa shape index (κ3) is 34.7. The van der Waals surface area contributed by atoms with E-state index < -0.39 is 0 Å². The molecule has 0 bridgehead atoms. The normalized spacial score (nSPS) is 11.6. The standard InChI is InChI=1S/C14H18N2.2C13H17N3.C11H14N4.C10H18N2.C9H15BrN2.C9H16N2.C8H14N2.C7H13N3.2C2H6/c1-11-10-13(14(2,3)4)15-16(11)12-8-6-5-7-9-12;1-10-14-12(13(2,3)4)15-16(10)11-8-6-5-7-9-11;1-13(2,3)12-14-10-16(15-12)9-11-7-5-4-6-8-11;1-11(2,3)10-13-8-15(14-10)9-6-4-5-7-12-9;1-6-12-8(2)7-9(11-12)10(3,4)5;1-6-7(10)8(9(2,3)4)12(5)11-6;1-7-6-11(5)10-8(7)9(2,3)4;1-8(2,3)7-5-9-10(4)6-7;1-7(2,3)6-8-5-10(4)9-6;2*1-2/h5-10H,1-4H3;5-9H,1-4H3;4-8,10H,9H2,1-3H3;4-8H,1-3H3;7H,6H2,1-5H3;1-5H3;6H,1-5H3;5-6H,1-4H3;5H,1-4H3;2*1-2H3. The van der Waals surface area contributed by atoms with Crippen molar-refractivity contribution in [3.8, 4) is 17.2 Å². The van der Waals surface area contributed by atoms with Crippen LogP contribution in [-0.4, -0.2) is 113 Å². The van der Waals surface area contributed by atoms with Crippen molar-refractivity contribution in [3.63, 3.8) is 0 Å². The molecular weight excluding hydrogens is 1580 g/mol. The van der Waals surface area contributed by atoms with Gasteiger partial charge in [0.05, 0.1) is 57.1 Å². The first-order valence-corrected chi connectivity index (χ1v) is 43.6. The second-order valence-corrected chi connectivity index (χ2v) is 40.0. The molecule has 23 nitrogen and oxygen atoms in total. The lowest BCUT2D eigenvalue weighted by molar-refractivity contribution is 0.520. The minimum absolute atomic E-state index is 0.00914. The molecule has 0 amide bonds. The van der Waals surface area contributed by atoms with Crippen LogP contribution in [0.5, 0.6) is 0 Å². The molecule has 0 saturated carbocycles. The largest absolute Gasteiger partial charge is 0.276 e. The quantitative estimate of drug-likeness (QED) is 0.151. The summed E-state index contributed by atoms with van der Waals surface area (Å²) < 4.78 is 18.0. The Morgan fingerprint density at radius 2 is 0.852 bits per heavy atom. The van der Waals surface area contributed by atoms with Crippen molar-refractivity contribution in [2.24, 2.45) is 28.2 Å². The fraction of sp³-hybridized carbons (Fsp3) is 0.531. The summed E-state index contributed by atoms with van der Waals surface area (Å²) in [7, 11) is 7.76. The molecule has 13 rings (SSSR count). The van der Waals surface area contributed by atoms with Crippen molar-refractivity contribution in [1.82, 2.24) is 113 Å². The molecule has 0 aliphatic heterocycles. The lowest BCUT2D eigenvalue weighted by Gasteiger charge is -2.19. The molecule has 0 unspecified atom stereocenters. The lowest BCUT2D eigenvalue weighted by atomic mass is 9.90. The minimum atomic E-state index is -0.0277. The molecule has 10 aromatic heterocycles. The van der Waals surface area contributed by atoms with E-state index >= 15 is 0 Å². The molecule has 0 radical (unpaired) electrons. The highest BCUT2D eigenvalue weighted by Crippen LogP contribution is 2.32. The van der Waals surface area contributed by atoms with Crippen LogP contribution in [-0.2, 0) is 90.0 Å². The number of pyridine rings is 1. The van der Waals surface area contributed by atoms with E-state index in [2.05, 4.69) is 350 Å². The van der Waals surface area contributed by atoms with Gasteiger partial charge in [0.1, 0.15) is 24.8 Å². The van der Waals surface area contributed by atoms with E-state index in [-0.39, 0.29) is 48.7 Å². The highest BCUT2D eigenvalue weighted by atomic mass is 79.9. The van der Waals surface area contributed by atoms with Gasteiger partial charge < -0.3 is 0 Å². The predicted octanol–water partition coefficient (Wildman–Crippen LogP) is 23.1. The van der Waals surface area contributed by atoms with Gasteiger partial charge in [0.25, 0.3) is 0 Å². The summed E-state index contributed by atoms with van der Waals surface area (Å²) in [4.78, 5) is 21.5. The molecule has 13 aromatic rings. The fourth-order valence-electron chi connectivity index (χ4n) is 11.4. The minimum Gasteiger partial charge on any atom is -0.276 e. The topological polar surface area (TPSA) is 225 Å². The van der Waals surface area contributed by atoms with Crippen molar-refractivity contribution in [2.45, 2.75) is 318 Å². The Morgan fingerprint density at radius 1 is 0.385 bits per heavy atom. The highest BCUT2D eigenvalue weighted by molar-refractivity contribution is 9.10. The average Bonchev–Trinajstić information content (AvgIpc) is 1.69. The zero-order chi connectivity index (χ0) is 93.1. The maximum Gasteiger partial charge on any atom is 0.156 e. The van der Waals surface area contributed by atoms with Crippen molar-refractivity contribution in [1.29, 1.82) is 0 Å². The predicted molar refractivity (Wildman–Crippen MR) is 511 cm³/mol. The Hall–Kier alpha value is -10.1. The molecule has 122 heavy (non-hydrogen) atoms. The third-order valence-electron chi connectivity index (χ3n) is 18.0. The highest BCUT2D eigenvalue weighted by Gasteiger charge is 2.27. The van der Waals surface area contributed by atoms with Crippen LogP contribution in [0, 0.1) is 34.6 Å². The van der Waals surface area contributed by atoms with Crippen molar-refractivity contribution < 1.29 is 0 Å². The molecule has 0 saturated heterocycles. The van der Waals surface area contributed by atoms with E-state index in [9.17, 15) is 0 Å². The monoisotopic (exact) mass is 1730 g/mol. The molecule has 10 heterocycles. The van der Waals surface area contributed by atoms with Gasteiger partial charge in [0.15, 0.2) is 29.1 Å². The summed E-state index contributed by atoms with van der Waals surface area (Å²) >= 11 is 3.55. The van der Waals surface area contributed by atoms with Crippen LogP contribution in [0.1, 0.15) is 307 Å². The Balaban J connectivity index is 0.000000354. The molecule has 24 heteroatoms. The van der Waals surface area contributed by atoms with Gasteiger partial charge >= 0.3 is 0 Å². The summed E-state index contributed by atoms with van der Waals surface area (Å²) in [6, 6.07) is 40.7. The molecule has 0 N–H and O–H groups in total. The molecule has 0 aliphatic carbocycles. The second-order valence-electron chi connectivity index (χ2n) is 39.2. The number of para-hydroxylation sites is 2. The van der Waals surface area contributed by atoms with Crippen LogP contribution in [0.3, 0.4) is 0 Å². The van der Waals surface area contributed by atoms with Gasteiger partial charge in [0, 0.05) is 108 Å². The first-order chi connectivity index (χ1) is 56.3. The Labute approximate surface area is 743 Å². The summed E-state index contributed by atoms with van der Waals surface area (Å²) in [5.74, 6) is 5.22. The van der Waals surface area contributed by atoms with E-state index in [0.717, 1.165) is 75.3 Å². The van der Waals surface area contributed by atoms with Crippen LogP contribution >= 0.6 is 15.9 Å². The maximum atomic E-state index is 4.67. The molecule has 0 aliphatic rings. The number of hydrogen-bond donors (Lipinski definition) is 0. The number of rotatable bonds is 6. The molecule has 0 fully saturated rings. The Morgan fingerprint density at radius 3 is 1.18 bits per heavy atom. The smallest absolute Gasteiger partial charge is 0.156 e. The number of aryl methyl sites for hydroxylation is 10. The van der Waals surface area contributed by atoms with Gasteiger partial charge in [-0.25, -0.2) is 43.6 Å². The van der Waals surface area contributed by atoms with Gasteiger partial charge in [0.2, 0.25) is 0 Å². The first-order valence-electron chi connectivity index (χ1n) is 42.8. The summed E-state index contributed by atoms with van der Waals surface area (Å²) in [6.45, 7) is 80.2. The molecular formula is C98H154BrN23. The van der Waals surface area contributed by atoms with Crippen molar-refractivity contribution >= 4 is 15.9 Å². The zero-order valence-corrected chi connectivity index (χ0v) is 84.3. The number of nitrogens with zero attached hydrogens (tertiary/aromatic N) is 23. The Kier molecular flexibility index (Phi) is 39.9. The second kappa shape index (κ2) is 45.9. The van der Waals surface area contributed by atoms with E-state index in [4.69, 9.17) is 0 Å². The van der Waals surface area contributed by atoms with Gasteiger partial charge in [-0.2, -0.15) is 40.8 Å². The van der Waals surface area contributed by atoms with E-state index in [1.807, 2.05) is 194 Å². The maximum absolute atomic E-state index is 4.67. The lowest BCUT2D eigenvalue weighted by Crippen LogP contribution is -2.16. The first kappa shape index (κ1) is 106. The van der Waals surface area contributed by atoms with Crippen LogP contribution in [0.4, 0.5) is 0 Å². The molecule has 0 atom stereocenters. The van der Waals surface area contributed by atoms with Gasteiger partial charge in [-0.3, -0.25) is 23.4 Å². The fourth-order valence-corrected chi connectivity index (χ4v) is 12.3. The zero-order valence-electron chi connectivity index (χ0n) is 82.7. The van der Waals surface area contributed by atoms with Crippen LogP contribution < -0.4 is 0 Å². The molecule has 3 aromatic carbocycles. The van der Waals surface area contributed by atoms with E-state index in [0.29, 0.717) is 0 Å². The van der Waals surface area contributed by atoms with Crippen LogP contribution in [0.15, 0.2) is 170 Å². The summed E-state index contributed by atoms with van der Waals surface area (Å²) in [6.07, 6.45) is 13.0. The van der Waals surface area contributed by atoms with Crippen molar-refractivity contribution in [3.05, 3.63) is 255 Å². The number of hydrogen-bond acceptors (Lipinski definition) is 14. The van der Waals surface area contributed by atoms with E-state index in [1.54, 1.807) is 34.5 Å². The number of benzene rings is 3.